The number of urea groups is 1. The van der Waals surface area contributed by atoms with Crippen molar-refractivity contribution in [2.75, 3.05) is 17.7 Å². The molecule has 0 saturated heterocycles. The second kappa shape index (κ2) is 7.19. The third kappa shape index (κ3) is 4.46. The normalized spacial score (nSPS) is 11.1. The van der Waals surface area contributed by atoms with Crippen LogP contribution in [0.1, 0.15) is 5.56 Å². The molecule has 2 rings (SSSR count). The number of alkyl halides is 3. The first-order valence-electron chi connectivity index (χ1n) is 6.49. The number of benzene rings is 2. The minimum absolute atomic E-state index is 0.0223. The van der Waals surface area contributed by atoms with Gasteiger partial charge in [0.05, 0.1) is 28.4 Å². The van der Waals surface area contributed by atoms with Crippen molar-refractivity contribution < 1.29 is 22.7 Å². The molecule has 4 nitrogen and oxygen atoms in total. The number of halogens is 5. The van der Waals surface area contributed by atoms with Crippen LogP contribution in [0.5, 0.6) is 5.75 Å². The van der Waals surface area contributed by atoms with E-state index in [1.54, 1.807) is 0 Å². The number of nitrogens with one attached hydrogen (secondary N) is 2. The largest absolute Gasteiger partial charge is 0.495 e. The Bertz CT molecular complexity index is 767. The van der Waals surface area contributed by atoms with E-state index in [1.807, 2.05) is 0 Å². The van der Waals surface area contributed by atoms with Gasteiger partial charge in [0.25, 0.3) is 0 Å². The number of anilines is 2. The predicted octanol–water partition coefficient (Wildman–Crippen LogP) is 5.66. The van der Waals surface area contributed by atoms with Crippen LogP contribution in [-0.4, -0.2) is 13.1 Å². The van der Waals surface area contributed by atoms with Gasteiger partial charge in [-0.05, 0) is 36.4 Å². The maximum absolute atomic E-state index is 12.7. The Morgan fingerprint density at radius 3 is 2.33 bits per heavy atom. The first kappa shape index (κ1) is 18.2. The van der Waals surface area contributed by atoms with E-state index in [9.17, 15) is 18.0 Å². The Morgan fingerprint density at radius 2 is 1.75 bits per heavy atom. The number of hydrogen-bond donors (Lipinski definition) is 2. The highest BCUT2D eigenvalue weighted by molar-refractivity contribution is 6.34. The molecule has 0 saturated carbocycles. The van der Waals surface area contributed by atoms with Crippen molar-refractivity contribution in [3.63, 3.8) is 0 Å². The Balaban J connectivity index is 2.14. The Hall–Kier alpha value is -2.12. The smallest absolute Gasteiger partial charge is 0.416 e. The lowest BCUT2D eigenvalue weighted by Crippen LogP contribution is -2.20. The SMILES string of the molecule is COc1ccc(NC(=O)Nc2cc(C(F)(F)F)ccc2Cl)cc1Cl. The van der Waals surface area contributed by atoms with Crippen molar-refractivity contribution >= 4 is 40.6 Å². The molecule has 2 aromatic rings. The van der Waals surface area contributed by atoms with Gasteiger partial charge in [0.15, 0.2) is 0 Å². The minimum Gasteiger partial charge on any atom is -0.495 e. The highest BCUT2D eigenvalue weighted by atomic mass is 35.5. The summed E-state index contributed by atoms with van der Waals surface area (Å²) < 4.78 is 43.1. The number of carbonyl (C=O) groups is 1. The summed E-state index contributed by atoms with van der Waals surface area (Å²) in [5, 5.41) is 4.95. The maximum atomic E-state index is 12.7. The van der Waals surface area contributed by atoms with Crippen LogP contribution in [0.2, 0.25) is 10.0 Å². The van der Waals surface area contributed by atoms with E-state index in [0.29, 0.717) is 11.4 Å². The van der Waals surface area contributed by atoms with Gasteiger partial charge in [-0.15, -0.1) is 0 Å². The van der Waals surface area contributed by atoms with Gasteiger partial charge in [-0.3, -0.25) is 0 Å². The molecule has 0 atom stereocenters. The van der Waals surface area contributed by atoms with Gasteiger partial charge >= 0.3 is 12.2 Å². The third-order valence-electron chi connectivity index (χ3n) is 2.95. The van der Waals surface area contributed by atoms with Crippen LogP contribution in [0.3, 0.4) is 0 Å². The molecule has 24 heavy (non-hydrogen) atoms. The topological polar surface area (TPSA) is 50.4 Å². The van der Waals surface area contributed by atoms with Crippen LogP contribution in [0.4, 0.5) is 29.3 Å². The maximum Gasteiger partial charge on any atom is 0.416 e. The fourth-order valence-corrected chi connectivity index (χ4v) is 2.25. The van der Waals surface area contributed by atoms with E-state index in [1.165, 1.54) is 25.3 Å². The fraction of sp³-hybridized carbons (Fsp3) is 0.133. The molecule has 0 heterocycles. The van der Waals surface area contributed by atoms with Gasteiger partial charge in [-0.2, -0.15) is 13.2 Å². The second-order valence-electron chi connectivity index (χ2n) is 4.62. The molecule has 0 aliphatic heterocycles. The number of hydrogen-bond acceptors (Lipinski definition) is 2. The molecule has 0 fully saturated rings. The molecule has 0 spiro atoms. The Morgan fingerprint density at radius 1 is 1.04 bits per heavy atom. The summed E-state index contributed by atoms with van der Waals surface area (Å²) >= 11 is 11.7. The van der Waals surface area contributed by atoms with Gasteiger partial charge in [0, 0.05) is 5.69 Å². The van der Waals surface area contributed by atoms with Crippen LogP contribution < -0.4 is 15.4 Å². The molecular weight excluding hydrogens is 368 g/mol. The molecule has 0 aromatic heterocycles. The zero-order valence-electron chi connectivity index (χ0n) is 12.2. The number of carbonyl (C=O) groups excluding carboxylic acids is 1. The summed E-state index contributed by atoms with van der Waals surface area (Å²) in [5.41, 5.74) is -0.750. The number of rotatable bonds is 3. The van der Waals surface area contributed by atoms with Crippen molar-refractivity contribution in [3.05, 3.63) is 52.0 Å². The molecule has 0 aliphatic rings. The van der Waals surface area contributed by atoms with Crippen molar-refractivity contribution in [3.8, 4) is 5.75 Å². The minimum atomic E-state index is -4.54. The van der Waals surface area contributed by atoms with Crippen LogP contribution >= 0.6 is 23.2 Å². The highest BCUT2D eigenvalue weighted by Crippen LogP contribution is 2.34. The summed E-state index contributed by atoms with van der Waals surface area (Å²) in [7, 11) is 1.44. The molecule has 0 aliphatic carbocycles. The first-order valence-corrected chi connectivity index (χ1v) is 7.24. The molecule has 2 amide bonds. The second-order valence-corrected chi connectivity index (χ2v) is 5.44. The van der Waals surface area contributed by atoms with Gasteiger partial charge in [0.2, 0.25) is 0 Å². The van der Waals surface area contributed by atoms with Crippen molar-refractivity contribution in [1.82, 2.24) is 0 Å². The predicted molar refractivity (Wildman–Crippen MR) is 87.1 cm³/mol. The van der Waals surface area contributed by atoms with Crippen LogP contribution in [-0.2, 0) is 6.18 Å². The zero-order chi connectivity index (χ0) is 17.9. The highest BCUT2D eigenvalue weighted by Gasteiger charge is 2.31. The van der Waals surface area contributed by atoms with Crippen molar-refractivity contribution in [1.29, 1.82) is 0 Å². The van der Waals surface area contributed by atoms with Gasteiger partial charge in [0.1, 0.15) is 5.75 Å². The van der Waals surface area contributed by atoms with E-state index in [-0.39, 0.29) is 15.7 Å². The third-order valence-corrected chi connectivity index (χ3v) is 3.58. The van der Waals surface area contributed by atoms with E-state index >= 15 is 0 Å². The van der Waals surface area contributed by atoms with Gasteiger partial charge in [-0.25, -0.2) is 4.79 Å². The molecule has 2 N–H and O–H groups in total. The number of methoxy groups -OCH3 is 1. The van der Waals surface area contributed by atoms with Crippen LogP contribution in [0, 0.1) is 0 Å². The average molecular weight is 379 g/mol. The summed E-state index contributed by atoms with van der Waals surface area (Å²) in [4.78, 5) is 11.9. The summed E-state index contributed by atoms with van der Waals surface area (Å²) in [6, 6.07) is 6.38. The molecule has 0 unspecified atom stereocenters. The summed E-state index contributed by atoms with van der Waals surface area (Å²) in [5.74, 6) is 0.420. The first-order chi connectivity index (χ1) is 11.2. The van der Waals surface area contributed by atoms with E-state index < -0.39 is 17.8 Å². The van der Waals surface area contributed by atoms with E-state index in [2.05, 4.69) is 10.6 Å². The van der Waals surface area contributed by atoms with Crippen molar-refractivity contribution in [2.24, 2.45) is 0 Å². The van der Waals surface area contributed by atoms with E-state index in [0.717, 1.165) is 18.2 Å². The van der Waals surface area contributed by atoms with Crippen LogP contribution in [0.15, 0.2) is 36.4 Å². The average Bonchev–Trinajstić information content (AvgIpc) is 2.48. The standard InChI is InChI=1S/C15H11Cl2F3N2O2/c1-24-13-5-3-9(7-11(13)17)21-14(23)22-12-6-8(15(18,19)20)2-4-10(12)16/h2-7H,1H3,(H2,21,22,23). The molecule has 2 aromatic carbocycles. The quantitative estimate of drug-likeness (QED) is 0.723. The summed E-state index contributed by atoms with van der Waals surface area (Å²) in [6.45, 7) is 0. The lowest BCUT2D eigenvalue weighted by Gasteiger charge is -2.13. The molecule has 0 radical (unpaired) electrons. The lowest BCUT2D eigenvalue weighted by atomic mass is 10.2. The molecule has 9 heteroatoms. The molecule has 0 bridgehead atoms. The van der Waals surface area contributed by atoms with E-state index in [4.69, 9.17) is 27.9 Å². The fourth-order valence-electron chi connectivity index (χ4n) is 1.83. The van der Waals surface area contributed by atoms with Gasteiger partial charge in [-0.1, -0.05) is 23.2 Å². The van der Waals surface area contributed by atoms with Crippen LogP contribution in [0.25, 0.3) is 0 Å². The number of amides is 2. The lowest BCUT2D eigenvalue weighted by molar-refractivity contribution is -0.137. The van der Waals surface area contributed by atoms with Gasteiger partial charge < -0.3 is 15.4 Å². The van der Waals surface area contributed by atoms with Crippen molar-refractivity contribution in [2.45, 2.75) is 6.18 Å². The Kier molecular flexibility index (Phi) is 5.46. The number of ether oxygens (including phenoxy) is 1. The monoisotopic (exact) mass is 378 g/mol. The Labute approximate surface area is 145 Å². The molecule has 128 valence electrons. The molecular formula is C15H11Cl2F3N2O2. The summed E-state index contributed by atoms with van der Waals surface area (Å²) in [6.07, 6.45) is -4.54. The zero-order valence-corrected chi connectivity index (χ0v) is 13.7.